The summed E-state index contributed by atoms with van der Waals surface area (Å²) in [7, 11) is 0. The van der Waals surface area contributed by atoms with Crippen molar-refractivity contribution in [3.05, 3.63) is 0 Å². The lowest BCUT2D eigenvalue weighted by molar-refractivity contribution is -0.341. The van der Waals surface area contributed by atoms with Crippen molar-refractivity contribution in [2.45, 2.75) is 102 Å². The molecule has 0 aromatic heterocycles. The Balaban J connectivity index is 2.23. The van der Waals surface area contributed by atoms with Crippen molar-refractivity contribution in [1.29, 1.82) is 0 Å². The molecule has 0 aromatic carbocycles. The quantitative estimate of drug-likeness (QED) is 0.261. The zero-order valence-electron chi connectivity index (χ0n) is 18.7. The smallest absolute Gasteiger partial charge is 0.217 e. The first kappa shape index (κ1) is 26.4. The number of rotatable bonds is 7. The predicted octanol–water partition coefficient (Wildman–Crippen LogP) is -1.77. The molecule has 2 aliphatic heterocycles. The number of aliphatic hydroxyl groups is 5. The number of hydrogen-bond donors (Lipinski definition) is 6. The minimum Gasteiger partial charge on any atom is -0.394 e. The van der Waals surface area contributed by atoms with E-state index in [0.29, 0.717) is 6.42 Å². The van der Waals surface area contributed by atoms with Crippen molar-refractivity contribution in [3.63, 3.8) is 0 Å². The molecule has 0 aliphatic carbocycles. The SMILES string of the molecule is CC(=O)N[C@H]1[C@H](OCCC(C)(C)C)O[C@H](CO)[C@@H](O)[C@@H]1O[C@@H]1O[C@@H](C)[C@@H](O)[C@@H](O)[C@@H]1O. The fraction of sp³-hybridized carbons (Fsp3) is 0.950. The van der Waals surface area contributed by atoms with Crippen molar-refractivity contribution in [2.24, 2.45) is 5.41 Å². The first-order valence-electron chi connectivity index (χ1n) is 10.5. The van der Waals surface area contributed by atoms with Gasteiger partial charge in [0.1, 0.15) is 42.7 Å². The Bertz CT molecular complexity index is 585. The number of hydrogen-bond acceptors (Lipinski definition) is 10. The largest absolute Gasteiger partial charge is 0.394 e. The zero-order valence-corrected chi connectivity index (χ0v) is 18.7. The molecular weight excluding hydrogens is 414 g/mol. The molecule has 6 N–H and O–H groups in total. The number of carbonyl (C=O) groups is 1. The summed E-state index contributed by atoms with van der Waals surface area (Å²) in [6.07, 6.45) is -10.8. The molecule has 0 radical (unpaired) electrons. The number of ether oxygens (including phenoxy) is 4. The second-order valence-electron chi connectivity index (χ2n) is 9.41. The van der Waals surface area contributed by atoms with Crippen molar-refractivity contribution in [3.8, 4) is 0 Å². The Morgan fingerprint density at radius 1 is 1.00 bits per heavy atom. The molecule has 2 saturated heterocycles. The molecule has 0 aromatic rings. The van der Waals surface area contributed by atoms with Crippen LogP contribution in [0.3, 0.4) is 0 Å². The van der Waals surface area contributed by atoms with E-state index >= 15 is 0 Å². The molecule has 0 spiro atoms. The van der Waals surface area contributed by atoms with Crippen LogP contribution in [-0.2, 0) is 23.7 Å². The maximum Gasteiger partial charge on any atom is 0.217 e. The topological polar surface area (TPSA) is 167 Å². The molecule has 11 heteroatoms. The maximum atomic E-state index is 11.8. The minimum atomic E-state index is -1.60. The number of nitrogens with one attached hydrogen (secondary N) is 1. The van der Waals surface area contributed by atoms with E-state index in [2.05, 4.69) is 5.32 Å². The third-order valence-corrected chi connectivity index (χ3v) is 5.46. The molecule has 0 bridgehead atoms. The lowest BCUT2D eigenvalue weighted by Crippen LogP contribution is -2.67. The van der Waals surface area contributed by atoms with Crippen LogP contribution in [0.2, 0.25) is 0 Å². The first-order chi connectivity index (χ1) is 14.4. The minimum absolute atomic E-state index is 0.0167. The van der Waals surface area contributed by atoms with Gasteiger partial charge in [0.2, 0.25) is 5.91 Å². The highest BCUT2D eigenvalue weighted by molar-refractivity contribution is 5.73. The second kappa shape index (κ2) is 10.8. The van der Waals surface area contributed by atoms with Crippen molar-refractivity contribution >= 4 is 5.91 Å². The molecule has 2 rings (SSSR count). The van der Waals surface area contributed by atoms with Crippen molar-refractivity contribution < 1.29 is 49.3 Å². The average molecular weight is 452 g/mol. The Morgan fingerprint density at radius 3 is 2.19 bits per heavy atom. The lowest BCUT2D eigenvalue weighted by atomic mass is 9.93. The van der Waals surface area contributed by atoms with Crippen LogP contribution in [-0.4, -0.2) is 106 Å². The molecule has 2 fully saturated rings. The van der Waals surface area contributed by atoms with Crippen LogP contribution in [0.15, 0.2) is 0 Å². The first-order valence-corrected chi connectivity index (χ1v) is 10.5. The second-order valence-corrected chi connectivity index (χ2v) is 9.41. The summed E-state index contributed by atoms with van der Waals surface area (Å²) in [5.41, 5.74) is -0.0167. The Labute approximate surface area is 182 Å². The summed E-state index contributed by atoms with van der Waals surface area (Å²) >= 11 is 0. The maximum absolute atomic E-state index is 11.8. The normalized spacial score (nSPS) is 41.7. The van der Waals surface area contributed by atoms with E-state index < -0.39 is 73.9 Å². The summed E-state index contributed by atoms with van der Waals surface area (Å²) in [6, 6.07) is -0.995. The molecule has 1 amide bonds. The van der Waals surface area contributed by atoms with Crippen LogP contribution in [0.5, 0.6) is 0 Å². The van der Waals surface area contributed by atoms with Crippen LogP contribution in [0.4, 0.5) is 0 Å². The van der Waals surface area contributed by atoms with Gasteiger partial charge >= 0.3 is 0 Å². The number of aliphatic hydroxyl groups excluding tert-OH is 5. The van der Waals surface area contributed by atoms with E-state index in [-0.39, 0.29) is 12.0 Å². The molecule has 31 heavy (non-hydrogen) atoms. The fourth-order valence-corrected chi connectivity index (χ4v) is 3.52. The van der Waals surface area contributed by atoms with E-state index in [0.717, 1.165) is 0 Å². The van der Waals surface area contributed by atoms with Crippen LogP contribution < -0.4 is 5.32 Å². The van der Waals surface area contributed by atoms with Gasteiger partial charge in [0.05, 0.1) is 19.3 Å². The highest BCUT2D eigenvalue weighted by atomic mass is 16.7. The summed E-state index contributed by atoms with van der Waals surface area (Å²) < 4.78 is 22.8. The molecule has 0 unspecified atom stereocenters. The van der Waals surface area contributed by atoms with Gasteiger partial charge in [-0.3, -0.25) is 4.79 Å². The predicted molar refractivity (Wildman–Crippen MR) is 107 cm³/mol. The Morgan fingerprint density at radius 2 is 1.65 bits per heavy atom. The highest BCUT2D eigenvalue weighted by Crippen LogP contribution is 2.30. The number of carbonyl (C=O) groups excluding carboxylic acids is 1. The van der Waals surface area contributed by atoms with E-state index in [9.17, 15) is 30.3 Å². The molecule has 2 heterocycles. The van der Waals surface area contributed by atoms with Gasteiger partial charge in [0.15, 0.2) is 12.6 Å². The summed E-state index contributed by atoms with van der Waals surface area (Å²) in [6.45, 7) is 8.64. The molecular formula is C20H37NO10. The van der Waals surface area contributed by atoms with Gasteiger partial charge in [-0.05, 0) is 18.8 Å². The van der Waals surface area contributed by atoms with E-state index in [1.54, 1.807) is 0 Å². The van der Waals surface area contributed by atoms with Gasteiger partial charge in [-0.2, -0.15) is 0 Å². The van der Waals surface area contributed by atoms with Gasteiger partial charge in [-0.25, -0.2) is 0 Å². The van der Waals surface area contributed by atoms with Crippen LogP contribution in [0.25, 0.3) is 0 Å². The van der Waals surface area contributed by atoms with E-state index in [1.807, 2.05) is 20.8 Å². The monoisotopic (exact) mass is 451 g/mol. The van der Waals surface area contributed by atoms with Gasteiger partial charge < -0.3 is 49.8 Å². The fourth-order valence-electron chi connectivity index (χ4n) is 3.52. The Hall–Kier alpha value is -0.890. The molecule has 11 nitrogen and oxygen atoms in total. The van der Waals surface area contributed by atoms with Gasteiger partial charge in [0, 0.05) is 6.92 Å². The summed E-state index contributed by atoms with van der Waals surface area (Å²) in [5, 5.41) is 53.2. The zero-order chi connectivity index (χ0) is 23.5. The number of amides is 1. The van der Waals surface area contributed by atoms with Crippen LogP contribution in [0.1, 0.15) is 41.0 Å². The average Bonchev–Trinajstić information content (AvgIpc) is 2.67. The summed E-state index contributed by atoms with van der Waals surface area (Å²) in [4.78, 5) is 11.8. The third kappa shape index (κ3) is 6.80. The Kier molecular flexibility index (Phi) is 9.20. The van der Waals surface area contributed by atoms with Crippen LogP contribution in [0, 0.1) is 5.41 Å². The van der Waals surface area contributed by atoms with Crippen LogP contribution >= 0.6 is 0 Å². The molecule has 2 aliphatic rings. The third-order valence-electron chi connectivity index (χ3n) is 5.46. The highest BCUT2D eigenvalue weighted by Gasteiger charge is 2.51. The van der Waals surface area contributed by atoms with Crippen molar-refractivity contribution in [1.82, 2.24) is 5.32 Å². The van der Waals surface area contributed by atoms with E-state index in [4.69, 9.17) is 18.9 Å². The van der Waals surface area contributed by atoms with E-state index in [1.165, 1.54) is 13.8 Å². The van der Waals surface area contributed by atoms with Gasteiger partial charge in [0.25, 0.3) is 0 Å². The molecule has 10 atom stereocenters. The molecule has 0 saturated carbocycles. The van der Waals surface area contributed by atoms with Crippen molar-refractivity contribution in [2.75, 3.05) is 13.2 Å². The molecule has 182 valence electrons. The van der Waals surface area contributed by atoms with Gasteiger partial charge in [-0.1, -0.05) is 20.8 Å². The standard InChI is InChI=1S/C20H37NO10/c1-9-13(24)15(26)16(27)19(29-9)31-17-12(21-10(2)23)18(28-7-6-20(3,4)5)30-11(8-22)14(17)25/h9,11-19,22,24-27H,6-8H2,1-5H3,(H,21,23)/t9-,11+,12+,13+,14+,15+,16-,17+,18+,19-/m0/s1. The lowest BCUT2D eigenvalue weighted by Gasteiger charge is -2.47. The summed E-state index contributed by atoms with van der Waals surface area (Å²) in [5.74, 6) is -0.435. The van der Waals surface area contributed by atoms with Gasteiger partial charge in [-0.15, -0.1) is 0 Å².